The van der Waals surface area contributed by atoms with Gasteiger partial charge in [0.2, 0.25) is 0 Å². The number of hydrogen-bond donors (Lipinski definition) is 4. The van der Waals surface area contributed by atoms with Crippen molar-refractivity contribution in [1.29, 1.82) is 0 Å². The Hall–Kier alpha value is -2.25. The Morgan fingerprint density at radius 1 is 0.636 bits per heavy atom. The van der Waals surface area contributed by atoms with E-state index in [1.54, 1.807) is 0 Å². The Morgan fingerprint density at radius 3 is 1.41 bits per heavy atom. The molecule has 0 saturated heterocycles. The normalized spacial score (nSPS) is 12.7. The average molecular weight is 296 g/mol. The van der Waals surface area contributed by atoms with Gasteiger partial charge in [0, 0.05) is 22.3 Å². The molecule has 22 heavy (non-hydrogen) atoms. The maximum Gasteiger partial charge on any atom is 0.489 e. The van der Waals surface area contributed by atoms with Gasteiger partial charge in [-0.25, -0.2) is 0 Å². The molecule has 0 bridgehead atoms. The summed E-state index contributed by atoms with van der Waals surface area (Å²) in [4.78, 5) is 25.2. The maximum absolute atomic E-state index is 12.7. The molecule has 4 N–H and O–H groups in total. The summed E-state index contributed by atoms with van der Waals surface area (Å²) >= 11 is 0. The molecule has 1 aliphatic rings. The first-order valence-electron chi connectivity index (χ1n) is 6.51. The standard InChI is InChI=1S/C14H10B2O6/c17-13-7-3-1-5-9(15(19)20)11(7)14(18)12-8(13)4-2-6-10(12)16(21)22/h1-6,19-22H. The van der Waals surface area contributed by atoms with E-state index in [0.717, 1.165) is 0 Å². The number of ketones is 2. The highest BCUT2D eigenvalue weighted by Crippen LogP contribution is 2.25. The summed E-state index contributed by atoms with van der Waals surface area (Å²) in [5.74, 6) is -1.12. The Balaban J connectivity index is 2.34. The molecule has 0 atom stereocenters. The number of fused-ring (bicyclic) bond motifs is 2. The van der Waals surface area contributed by atoms with E-state index in [1.165, 1.54) is 36.4 Å². The van der Waals surface area contributed by atoms with Crippen LogP contribution in [0.5, 0.6) is 0 Å². The molecule has 3 rings (SSSR count). The number of benzene rings is 2. The fraction of sp³-hybridized carbons (Fsp3) is 0. The molecule has 0 amide bonds. The summed E-state index contributed by atoms with van der Waals surface area (Å²) in [6.45, 7) is 0. The van der Waals surface area contributed by atoms with Crippen molar-refractivity contribution in [2.24, 2.45) is 0 Å². The van der Waals surface area contributed by atoms with Crippen molar-refractivity contribution >= 4 is 36.7 Å². The second-order valence-electron chi connectivity index (χ2n) is 4.95. The molecule has 0 fully saturated rings. The van der Waals surface area contributed by atoms with Crippen molar-refractivity contribution in [3.05, 3.63) is 58.7 Å². The molecule has 108 valence electrons. The van der Waals surface area contributed by atoms with Crippen LogP contribution in [0.15, 0.2) is 36.4 Å². The van der Waals surface area contributed by atoms with Gasteiger partial charge in [-0.05, 0) is 10.9 Å². The lowest BCUT2D eigenvalue weighted by molar-refractivity contribution is 0.0980. The van der Waals surface area contributed by atoms with Gasteiger partial charge in [-0.15, -0.1) is 0 Å². The number of carbonyl (C=O) groups excluding carboxylic acids is 2. The fourth-order valence-corrected chi connectivity index (χ4v) is 2.73. The molecular weight excluding hydrogens is 286 g/mol. The molecule has 1 aliphatic carbocycles. The smallest absolute Gasteiger partial charge is 0.423 e. The topological polar surface area (TPSA) is 115 Å². The van der Waals surface area contributed by atoms with Crippen LogP contribution in [-0.2, 0) is 0 Å². The Kier molecular flexibility index (Phi) is 3.46. The van der Waals surface area contributed by atoms with Crippen LogP contribution in [0.3, 0.4) is 0 Å². The van der Waals surface area contributed by atoms with E-state index in [0.29, 0.717) is 0 Å². The molecule has 2 aromatic carbocycles. The van der Waals surface area contributed by atoms with Gasteiger partial charge in [0.05, 0.1) is 0 Å². The van der Waals surface area contributed by atoms with E-state index in [1.807, 2.05) is 0 Å². The second-order valence-corrected chi connectivity index (χ2v) is 4.95. The minimum Gasteiger partial charge on any atom is -0.423 e. The van der Waals surface area contributed by atoms with Gasteiger partial charge in [0.25, 0.3) is 0 Å². The largest absolute Gasteiger partial charge is 0.489 e. The van der Waals surface area contributed by atoms with Gasteiger partial charge in [-0.1, -0.05) is 36.4 Å². The summed E-state index contributed by atoms with van der Waals surface area (Å²) < 4.78 is 0. The molecule has 0 aromatic heterocycles. The van der Waals surface area contributed by atoms with E-state index in [-0.39, 0.29) is 33.2 Å². The highest BCUT2D eigenvalue weighted by atomic mass is 16.4. The summed E-state index contributed by atoms with van der Waals surface area (Å²) in [5, 5.41) is 37.6. The molecule has 0 unspecified atom stereocenters. The molecule has 0 saturated carbocycles. The van der Waals surface area contributed by atoms with Crippen LogP contribution in [0.4, 0.5) is 0 Å². The third-order valence-electron chi connectivity index (χ3n) is 3.69. The summed E-state index contributed by atoms with van der Waals surface area (Å²) in [6.07, 6.45) is 0. The van der Waals surface area contributed by atoms with Crippen LogP contribution < -0.4 is 10.9 Å². The van der Waals surface area contributed by atoms with E-state index in [9.17, 15) is 29.7 Å². The van der Waals surface area contributed by atoms with Crippen LogP contribution in [-0.4, -0.2) is 45.9 Å². The minimum atomic E-state index is -1.92. The zero-order chi connectivity index (χ0) is 16.0. The van der Waals surface area contributed by atoms with Crippen LogP contribution >= 0.6 is 0 Å². The van der Waals surface area contributed by atoms with Gasteiger partial charge in [0.1, 0.15) is 0 Å². The van der Waals surface area contributed by atoms with E-state index in [2.05, 4.69) is 0 Å². The Bertz CT molecular complexity index is 736. The lowest BCUT2D eigenvalue weighted by atomic mass is 9.66. The first kappa shape index (κ1) is 14.7. The van der Waals surface area contributed by atoms with Crippen LogP contribution in [0.25, 0.3) is 0 Å². The molecule has 2 aromatic rings. The van der Waals surface area contributed by atoms with Crippen molar-refractivity contribution in [2.45, 2.75) is 0 Å². The second kappa shape index (κ2) is 5.19. The highest BCUT2D eigenvalue weighted by molar-refractivity contribution is 6.64. The lowest BCUT2D eigenvalue weighted by Gasteiger charge is -2.22. The first-order chi connectivity index (χ1) is 10.4. The lowest BCUT2D eigenvalue weighted by Crippen LogP contribution is -2.43. The van der Waals surface area contributed by atoms with Crippen molar-refractivity contribution in [2.75, 3.05) is 0 Å². The minimum absolute atomic E-state index is 0.0627. The highest BCUT2D eigenvalue weighted by Gasteiger charge is 2.36. The van der Waals surface area contributed by atoms with E-state index >= 15 is 0 Å². The fourth-order valence-electron chi connectivity index (χ4n) is 2.73. The van der Waals surface area contributed by atoms with Crippen molar-refractivity contribution in [1.82, 2.24) is 0 Å². The maximum atomic E-state index is 12.7. The predicted octanol–water partition coefficient (Wildman–Crippen LogP) is -2.18. The van der Waals surface area contributed by atoms with Crippen LogP contribution in [0, 0.1) is 0 Å². The quantitative estimate of drug-likeness (QED) is 0.400. The Labute approximate surface area is 125 Å². The number of hydrogen-bond acceptors (Lipinski definition) is 6. The summed E-state index contributed by atoms with van der Waals surface area (Å²) in [5.41, 5.74) is -0.306. The van der Waals surface area contributed by atoms with Crippen molar-refractivity contribution in [3.8, 4) is 0 Å². The Morgan fingerprint density at radius 2 is 1.05 bits per heavy atom. The zero-order valence-corrected chi connectivity index (χ0v) is 11.2. The van der Waals surface area contributed by atoms with Crippen LogP contribution in [0.1, 0.15) is 31.8 Å². The van der Waals surface area contributed by atoms with Gasteiger partial charge in [0.15, 0.2) is 11.6 Å². The van der Waals surface area contributed by atoms with Gasteiger partial charge >= 0.3 is 14.2 Å². The number of carbonyl (C=O) groups is 2. The predicted molar refractivity (Wildman–Crippen MR) is 79.4 cm³/mol. The molecule has 0 spiro atoms. The summed E-state index contributed by atoms with van der Waals surface area (Å²) in [6, 6.07) is 8.41. The monoisotopic (exact) mass is 296 g/mol. The van der Waals surface area contributed by atoms with Gasteiger partial charge in [-0.3, -0.25) is 9.59 Å². The molecule has 0 aliphatic heterocycles. The third kappa shape index (κ3) is 2.01. The third-order valence-corrected chi connectivity index (χ3v) is 3.69. The zero-order valence-electron chi connectivity index (χ0n) is 11.2. The van der Waals surface area contributed by atoms with Crippen LogP contribution in [0.2, 0.25) is 0 Å². The molecule has 8 heteroatoms. The summed E-state index contributed by atoms with van der Waals surface area (Å²) in [7, 11) is -3.83. The van der Waals surface area contributed by atoms with Crippen molar-refractivity contribution < 1.29 is 29.7 Å². The first-order valence-corrected chi connectivity index (χ1v) is 6.51. The SMILES string of the molecule is O=C1c2cccc(B(O)O)c2C(=O)c2c(B(O)O)cccc21. The van der Waals surface area contributed by atoms with Gasteiger partial charge < -0.3 is 20.1 Å². The van der Waals surface area contributed by atoms with E-state index in [4.69, 9.17) is 0 Å². The molecular formula is C14H10B2O6. The molecule has 6 nitrogen and oxygen atoms in total. The van der Waals surface area contributed by atoms with Crippen molar-refractivity contribution in [3.63, 3.8) is 0 Å². The van der Waals surface area contributed by atoms with E-state index < -0.39 is 25.8 Å². The molecule has 0 heterocycles. The molecule has 0 radical (unpaired) electrons. The number of rotatable bonds is 2. The average Bonchev–Trinajstić information content (AvgIpc) is 2.51. The van der Waals surface area contributed by atoms with Gasteiger partial charge in [-0.2, -0.15) is 0 Å².